The number of halogens is 1. The van der Waals surface area contributed by atoms with Crippen molar-refractivity contribution in [2.75, 3.05) is 22.5 Å². The largest absolute Gasteiger partial charge is 0.462 e. The highest BCUT2D eigenvalue weighted by Gasteiger charge is 2.29. The minimum absolute atomic E-state index is 0.263. The van der Waals surface area contributed by atoms with Gasteiger partial charge in [-0.25, -0.2) is 13.2 Å². The molecular formula is C20H23ClN2O5S. The number of amides is 1. The number of carbonyl (C=O) groups is 2. The summed E-state index contributed by atoms with van der Waals surface area (Å²) in [6.45, 7) is 5.20. The molecule has 2 rings (SSSR count). The van der Waals surface area contributed by atoms with Gasteiger partial charge in [-0.1, -0.05) is 17.7 Å². The maximum absolute atomic E-state index is 12.8. The number of anilines is 2. The van der Waals surface area contributed by atoms with Crippen LogP contribution < -0.4 is 9.62 Å². The average molecular weight is 439 g/mol. The van der Waals surface area contributed by atoms with E-state index in [2.05, 4.69) is 5.32 Å². The monoisotopic (exact) mass is 438 g/mol. The fraction of sp³-hybridized carbons (Fsp3) is 0.300. The Hall–Kier alpha value is -2.58. The average Bonchev–Trinajstić information content (AvgIpc) is 2.62. The second-order valence-electron chi connectivity index (χ2n) is 6.45. The molecule has 29 heavy (non-hydrogen) atoms. The van der Waals surface area contributed by atoms with Gasteiger partial charge in [-0.05, 0) is 62.7 Å². The molecule has 0 aliphatic carbocycles. The third-order valence-corrected chi connectivity index (χ3v) is 5.62. The minimum Gasteiger partial charge on any atom is -0.462 e. The third kappa shape index (κ3) is 5.71. The van der Waals surface area contributed by atoms with Crippen LogP contribution in [0.3, 0.4) is 0 Å². The molecule has 2 aromatic rings. The standard InChI is InChI=1S/C20H23ClN2O5S/c1-5-28-20(25)15-9-10-18(13(2)11-15)22-19(24)14(3)23(29(4,26)27)17-8-6-7-16(21)12-17/h6-12,14H,5H2,1-4H3,(H,22,24). The van der Waals surface area contributed by atoms with Gasteiger partial charge in [0.1, 0.15) is 6.04 Å². The number of sulfonamides is 1. The van der Waals surface area contributed by atoms with Crippen molar-refractivity contribution in [3.8, 4) is 0 Å². The first kappa shape index (κ1) is 22.7. The van der Waals surface area contributed by atoms with E-state index in [1.165, 1.54) is 19.1 Å². The molecule has 9 heteroatoms. The van der Waals surface area contributed by atoms with Gasteiger partial charge in [0.2, 0.25) is 15.9 Å². The molecule has 0 saturated carbocycles. The van der Waals surface area contributed by atoms with Gasteiger partial charge in [0.05, 0.1) is 24.1 Å². The summed E-state index contributed by atoms with van der Waals surface area (Å²) in [6.07, 6.45) is 1.02. The van der Waals surface area contributed by atoms with Gasteiger partial charge in [0.15, 0.2) is 0 Å². The number of nitrogens with zero attached hydrogens (tertiary/aromatic N) is 1. The second kappa shape index (κ2) is 9.28. The SMILES string of the molecule is CCOC(=O)c1ccc(NC(=O)C(C)N(c2cccc(Cl)c2)S(C)(=O)=O)c(C)c1. The van der Waals surface area contributed by atoms with Crippen molar-refractivity contribution in [2.45, 2.75) is 26.8 Å². The van der Waals surface area contributed by atoms with E-state index in [1.807, 2.05) is 0 Å². The van der Waals surface area contributed by atoms with Gasteiger partial charge in [-0.3, -0.25) is 9.10 Å². The predicted octanol–water partition coefficient (Wildman–Crippen LogP) is 3.62. The summed E-state index contributed by atoms with van der Waals surface area (Å²) in [4.78, 5) is 24.6. The summed E-state index contributed by atoms with van der Waals surface area (Å²) in [5.74, 6) is -0.978. The Morgan fingerprint density at radius 2 is 1.90 bits per heavy atom. The van der Waals surface area contributed by atoms with Gasteiger partial charge in [-0.15, -0.1) is 0 Å². The predicted molar refractivity (Wildman–Crippen MR) is 114 cm³/mol. The van der Waals surface area contributed by atoms with Gasteiger partial charge < -0.3 is 10.1 Å². The lowest BCUT2D eigenvalue weighted by Gasteiger charge is -2.28. The Labute approximate surface area is 175 Å². The number of esters is 1. The normalized spacial score (nSPS) is 12.2. The summed E-state index contributed by atoms with van der Waals surface area (Å²) < 4.78 is 30.7. The Kier molecular flexibility index (Phi) is 7.26. The summed E-state index contributed by atoms with van der Waals surface area (Å²) in [7, 11) is -3.75. The topological polar surface area (TPSA) is 92.8 Å². The van der Waals surface area contributed by atoms with Gasteiger partial charge in [-0.2, -0.15) is 0 Å². The molecule has 0 radical (unpaired) electrons. The fourth-order valence-corrected chi connectivity index (χ4v) is 4.16. The van der Waals surface area contributed by atoms with E-state index in [0.717, 1.165) is 10.6 Å². The molecule has 0 aromatic heterocycles. The van der Waals surface area contributed by atoms with E-state index >= 15 is 0 Å². The van der Waals surface area contributed by atoms with Crippen molar-refractivity contribution in [2.24, 2.45) is 0 Å². The molecule has 0 aliphatic rings. The first-order chi connectivity index (χ1) is 13.5. The molecule has 0 heterocycles. The van der Waals surface area contributed by atoms with Gasteiger partial charge in [0, 0.05) is 10.7 Å². The molecule has 1 N–H and O–H groups in total. The van der Waals surface area contributed by atoms with Gasteiger partial charge >= 0.3 is 5.97 Å². The molecule has 0 aliphatic heterocycles. The van der Waals surface area contributed by atoms with E-state index in [4.69, 9.17) is 16.3 Å². The minimum atomic E-state index is -3.75. The van der Waals surface area contributed by atoms with E-state index in [0.29, 0.717) is 21.8 Å². The number of hydrogen-bond donors (Lipinski definition) is 1. The van der Waals surface area contributed by atoms with Crippen LogP contribution in [0.25, 0.3) is 0 Å². The van der Waals surface area contributed by atoms with Crippen molar-refractivity contribution < 1.29 is 22.7 Å². The first-order valence-electron chi connectivity index (χ1n) is 8.88. The van der Waals surface area contributed by atoms with Crippen LogP contribution in [0.2, 0.25) is 5.02 Å². The molecule has 2 aromatic carbocycles. The smallest absolute Gasteiger partial charge is 0.338 e. The van der Waals surface area contributed by atoms with Crippen LogP contribution in [0.1, 0.15) is 29.8 Å². The molecule has 1 atom stereocenters. The lowest BCUT2D eigenvalue weighted by molar-refractivity contribution is -0.116. The third-order valence-electron chi connectivity index (χ3n) is 4.15. The molecule has 156 valence electrons. The zero-order valence-electron chi connectivity index (χ0n) is 16.6. The summed E-state index contributed by atoms with van der Waals surface area (Å²) in [5.41, 5.74) is 1.77. The number of benzene rings is 2. The highest BCUT2D eigenvalue weighted by Crippen LogP contribution is 2.25. The Bertz CT molecular complexity index is 1020. The van der Waals surface area contributed by atoms with Crippen LogP contribution in [0.15, 0.2) is 42.5 Å². The lowest BCUT2D eigenvalue weighted by Crippen LogP contribution is -2.45. The van der Waals surface area contributed by atoms with Crippen LogP contribution in [-0.4, -0.2) is 39.2 Å². The highest BCUT2D eigenvalue weighted by atomic mass is 35.5. The number of ether oxygens (including phenoxy) is 1. The van der Waals surface area contributed by atoms with E-state index in [9.17, 15) is 18.0 Å². The summed E-state index contributed by atoms with van der Waals surface area (Å²) in [5, 5.41) is 3.07. The molecule has 7 nitrogen and oxygen atoms in total. The second-order valence-corrected chi connectivity index (χ2v) is 8.75. The Morgan fingerprint density at radius 3 is 2.45 bits per heavy atom. The summed E-state index contributed by atoms with van der Waals surface area (Å²) in [6, 6.07) is 9.95. The number of carbonyl (C=O) groups excluding carboxylic acids is 2. The number of aryl methyl sites for hydroxylation is 1. The fourth-order valence-electron chi connectivity index (χ4n) is 2.80. The van der Waals surface area contributed by atoms with Crippen LogP contribution in [0, 0.1) is 6.92 Å². The first-order valence-corrected chi connectivity index (χ1v) is 11.1. The Morgan fingerprint density at radius 1 is 1.21 bits per heavy atom. The zero-order chi connectivity index (χ0) is 21.8. The molecule has 0 bridgehead atoms. The number of rotatable bonds is 7. The van der Waals surface area contributed by atoms with Crippen LogP contribution >= 0.6 is 11.6 Å². The van der Waals surface area contributed by atoms with Crippen molar-refractivity contribution in [3.63, 3.8) is 0 Å². The van der Waals surface area contributed by atoms with Crippen molar-refractivity contribution in [3.05, 3.63) is 58.6 Å². The van der Waals surface area contributed by atoms with Crippen molar-refractivity contribution >= 4 is 44.9 Å². The van der Waals surface area contributed by atoms with Crippen molar-refractivity contribution in [1.82, 2.24) is 0 Å². The van der Waals surface area contributed by atoms with Crippen LogP contribution in [0.5, 0.6) is 0 Å². The quantitative estimate of drug-likeness (QED) is 0.666. The van der Waals surface area contributed by atoms with Gasteiger partial charge in [0.25, 0.3) is 0 Å². The Balaban J connectivity index is 2.27. The molecule has 1 unspecified atom stereocenters. The number of nitrogens with one attached hydrogen (secondary N) is 1. The molecule has 1 amide bonds. The molecular weight excluding hydrogens is 416 g/mol. The van der Waals surface area contributed by atoms with Crippen LogP contribution in [-0.2, 0) is 19.6 Å². The molecule has 0 saturated heterocycles. The van der Waals surface area contributed by atoms with Crippen molar-refractivity contribution in [1.29, 1.82) is 0 Å². The number of hydrogen-bond acceptors (Lipinski definition) is 5. The zero-order valence-corrected chi connectivity index (χ0v) is 18.2. The highest BCUT2D eigenvalue weighted by molar-refractivity contribution is 7.92. The van der Waals surface area contributed by atoms with E-state index in [1.54, 1.807) is 44.2 Å². The maximum Gasteiger partial charge on any atom is 0.338 e. The van der Waals surface area contributed by atoms with Crippen LogP contribution in [0.4, 0.5) is 11.4 Å². The lowest BCUT2D eigenvalue weighted by atomic mass is 10.1. The summed E-state index contributed by atoms with van der Waals surface area (Å²) >= 11 is 5.98. The maximum atomic E-state index is 12.8. The molecule has 0 fully saturated rings. The van der Waals surface area contributed by atoms with E-state index in [-0.39, 0.29) is 12.3 Å². The molecule has 0 spiro atoms. The van der Waals surface area contributed by atoms with E-state index < -0.39 is 27.9 Å².